The lowest BCUT2D eigenvalue weighted by atomic mass is 10.2. The Balaban J connectivity index is 1.67. The van der Waals surface area contributed by atoms with Gasteiger partial charge in [-0.25, -0.2) is 0 Å². The minimum atomic E-state index is -0.460. The smallest absolute Gasteiger partial charge is 0.325 e. The summed E-state index contributed by atoms with van der Waals surface area (Å²) in [5.41, 5.74) is 1.69. The number of carbonyl (C=O) groups is 2. The topological polar surface area (TPSA) is 52.6 Å². The molecule has 0 fully saturated rings. The fraction of sp³-hybridized carbons (Fsp3) is 0.125. The largest absolute Gasteiger partial charge is 0.354 e. The highest BCUT2D eigenvalue weighted by Crippen LogP contribution is 2.11. The first-order valence-electron chi connectivity index (χ1n) is 6.39. The number of hydrogen-bond acceptors (Lipinski definition) is 5. The average Bonchev–Trinajstić information content (AvgIpc) is 2.49. The van der Waals surface area contributed by atoms with Gasteiger partial charge < -0.3 is 8.37 Å². The van der Waals surface area contributed by atoms with Gasteiger partial charge >= 0.3 is 11.9 Å². The van der Waals surface area contributed by atoms with E-state index in [4.69, 9.17) is 8.37 Å². The van der Waals surface area contributed by atoms with Crippen LogP contribution in [-0.4, -0.2) is 11.9 Å². The van der Waals surface area contributed by atoms with Crippen molar-refractivity contribution in [3.63, 3.8) is 0 Å². The van der Waals surface area contributed by atoms with Crippen LogP contribution in [0.5, 0.6) is 0 Å². The van der Waals surface area contributed by atoms with Crippen LogP contribution in [0.2, 0.25) is 0 Å². The molecule has 0 aromatic heterocycles. The van der Waals surface area contributed by atoms with Gasteiger partial charge in [0.15, 0.2) is 0 Å². The summed E-state index contributed by atoms with van der Waals surface area (Å²) in [7, 11) is 0. The fourth-order valence-corrected chi connectivity index (χ4v) is 1.98. The molecule has 0 heterocycles. The van der Waals surface area contributed by atoms with Gasteiger partial charge in [-0.1, -0.05) is 60.7 Å². The highest BCUT2D eigenvalue weighted by atomic mass is 32.2. The minimum Gasteiger partial charge on any atom is -0.354 e. The molecule has 0 bridgehead atoms. The Morgan fingerprint density at radius 2 is 1.10 bits per heavy atom. The molecule has 0 amide bonds. The quantitative estimate of drug-likeness (QED) is 0.767. The van der Waals surface area contributed by atoms with E-state index >= 15 is 0 Å². The highest BCUT2D eigenvalue weighted by Gasteiger charge is 2.10. The van der Waals surface area contributed by atoms with Gasteiger partial charge in [0.05, 0.1) is 12.8 Å². The molecule has 2 aromatic carbocycles. The summed E-state index contributed by atoms with van der Waals surface area (Å²) in [6.07, 6.45) is 0.286. The van der Waals surface area contributed by atoms with Crippen LogP contribution < -0.4 is 0 Å². The van der Waals surface area contributed by atoms with E-state index in [2.05, 4.69) is 0 Å². The van der Waals surface area contributed by atoms with Gasteiger partial charge in [-0.3, -0.25) is 9.59 Å². The van der Waals surface area contributed by atoms with Crippen molar-refractivity contribution in [3.8, 4) is 0 Å². The molecule has 0 unspecified atom stereocenters. The Labute approximate surface area is 127 Å². The van der Waals surface area contributed by atoms with Crippen molar-refractivity contribution in [3.05, 3.63) is 71.8 Å². The summed E-state index contributed by atoms with van der Waals surface area (Å²) in [6, 6.07) is 18.4. The second-order valence-corrected chi connectivity index (χ2v) is 4.77. The molecule has 0 N–H and O–H groups in total. The summed E-state index contributed by atoms with van der Waals surface area (Å²) < 4.78 is 9.58. The maximum Gasteiger partial charge on any atom is 0.325 e. The standard InChI is InChI=1S/C16H14O4S/c17-15(11-13-7-3-1-4-8-13)19-21-20-16(18)12-14-9-5-2-6-10-14/h1-10H,11-12H2. The van der Waals surface area contributed by atoms with Crippen LogP contribution >= 0.6 is 12.3 Å². The molecule has 2 aromatic rings. The van der Waals surface area contributed by atoms with Crippen molar-refractivity contribution < 1.29 is 18.0 Å². The van der Waals surface area contributed by atoms with Crippen LogP contribution in [0.4, 0.5) is 0 Å². The molecule has 0 aliphatic heterocycles. The summed E-state index contributed by atoms with van der Waals surface area (Å²) >= 11 is 0.409. The van der Waals surface area contributed by atoms with E-state index in [1.807, 2.05) is 60.7 Å². The molecule has 4 nitrogen and oxygen atoms in total. The maximum absolute atomic E-state index is 11.5. The van der Waals surface area contributed by atoms with Gasteiger partial charge in [0, 0.05) is 0 Å². The van der Waals surface area contributed by atoms with Crippen molar-refractivity contribution in [1.29, 1.82) is 0 Å². The third-order valence-electron chi connectivity index (χ3n) is 2.64. The second kappa shape index (κ2) is 8.11. The first-order valence-corrected chi connectivity index (χ1v) is 7.05. The van der Waals surface area contributed by atoms with E-state index in [0.29, 0.717) is 12.3 Å². The molecule has 0 aliphatic carbocycles. The third-order valence-corrected chi connectivity index (χ3v) is 3.14. The predicted octanol–water partition coefficient (Wildman–Crippen LogP) is 3.12. The number of benzene rings is 2. The van der Waals surface area contributed by atoms with Gasteiger partial charge in [0.1, 0.15) is 0 Å². The predicted molar refractivity (Wildman–Crippen MR) is 80.1 cm³/mol. The number of rotatable bonds is 6. The molecule has 2 rings (SSSR count). The van der Waals surface area contributed by atoms with Crippen LogP contribution in [0.15, 0.2) is 60.7 Å². The number of hydrogen-bond donors (Lipinski definition) is 0. The highest BCUT2D eigenvalue weighted by molar-refractivity contribution is 7.90. The van der Waals surface area contributed by atoms with Gasteiger partial charge in [-0.05, 0) is 11.1 Å². The van der Waals surface area contributed by atoms with Crippen LogP contribution in [0.1, 0.15) is 11.1 Å². The normalized spacial score (nSPS) is 9.90. The summed E-state index contributed by atoms with van der Waals surface area (Å²) in [6.45, 7) is 0. The summed E-state index contributed by atoms with van der Waals surface area (Å²) in [5, 5.41) is 0. The third kappa shape index (κ3) is 5.71. The molecule has 108 valence electrons. The maximum atomic E-state index is 11.5. The first kappa shape index (κ1) is 15.1. The molecule has 5 heteroatoms. The fourth-order valence-electron chi connectivity index (χ4n) is 1.68. The van der Waals surface area contributed by atoms with Crippen LogP contribution in [0.3, 0.4) is 0 Å². The van der Waals surface area contributed by atoms with Crippen LogP contribution in [-0.2, 0) is 30.8 Å². The van der Waals surface area contributed by atoms with Gasteiger partial charge in [-0.2, -0.15) is 0 Å². The van der Waals surface area contributed by atoms with Gasteiger partial charge in [0.25, 0.3) is 12.3 Å². The molecule has 21 heavy (non-hydrogen) atoms. The lowest BCUT2D eigenvalue weighted by Crippen LogP contribution is -2.07. The van der Waals surface area contributed by atoms with Crippen molar-refractivity contribution in [2.45, 2.75) is 12.8 Å². The summed E-state index contributed by atoms with van der Waals surface area (Å²) in [5.74, 6) is -0.919. The minimum absolute atomic E-state index is 0.143. The van der Waals surface area contributed by atoms with E-state index in [-0.39, 0.29) is 12.8 Å². The molecule has 0 aliphatic rings. The average molecular weight is 302 g/mol. The second-order valence-electron chi connectivity index (χ2n) is 4.30. The zero-order chi connectivity index (χ0) is 14.9. The van der Waals surface area contributed by atoms with Gasteiger partial charge in [-0.15, -0.1) is 0 Å². The molecular formula is C16H14O4S. The Bertz CT molecular complexity index is 530. The zero-order valence-corrected chi connectivity index (χ0v) is 12.0. The Morgan fingerprint density at radius 1 is 0.714 bits per heavy atom. The van der Waals surface area contributed by atoms with Crippen molar-refractivity contribution in [2.24, 2.45) is 0 Å². The van der Waals surface area contributed by atoms with Crippen molar-refractivity contribution in [1.82, 2.24) is 0 Å². The molecule has 0 saturated carbocycles. The van der Waals surface area contributed by atoms with E-state index in [1.165, 1.54) is 0 Å². The van der Waals surface area contributed by atoms with Gasteiger partial charge in [0.2, 0.25) is 0 Å². The van der Waals surface area contributed by atoms with Crippen LogP contribution in [0, 0.1) is 0 Å². The van der Waals surface area contributed by atoms with Crippen molar-refractivity contribution >= 4 is 24.3 Å². The Morgan fingerprint density at radius 3 is 1.48 bits per heavy atom. The molecule has 0 atom stereocenters. The molecule has 0 saturated heterocycles. The van der Waals surface area contributed by atoms with E-state index in [0.717, 1.165) is 11.1 Å². The molecule has 0 radical (unpaired) electrons. The van der Waals surface area contributed by atoms with Crippen LogP contribution in [0.25, 0.3) is 0 Å². The SMILES string of the molecule is O=C(Cc1ccccc1)OSOC(=O)Cc1ccccc1. The molecular weight excluding hydrogens is 288 g/mol. The van der Waals surface area contributed by atoms with Crippen molar-refractivity contribution in [2.75, 3.05) is 0 Å². The Hall–Kier alpha value is -2.27. The van der Waals surface area contributed by atoms with E-state index < -0.39 is 11.9 Å². The van der Waals surface area contributed by atoms with E-state index in [9.17, 15) is 9.59 Å². The van der Waals surface area contributed by atoms with E-state index in [1.54, 1.807) is 0 Å². The lowest BCUT2D eigenvalue weighted by Gasteiger charge is -2.03. The Kier molecular flexibility index (Phi) is 5.84. The summed E-state index contributed by atoms with van der Waals surface area (Å²) in [4.78, 5) is 23.0. The lowest BCUT2D eigenvalue weighted by molar-refractivity contribution is -0.135. The first-order chi connectivity index (χ1) is 10.2. The molecule has 0 spiro atoms. The zero-order valence-electron chi connectivity index (χ0n) is 11.2. The number of carbonyl (C=O) groups excluding carboxylic acids is 2. The monoisotopic (exact) mass is 302 g/mol.